The molecule has 0 saturated carbocycles. The molecule has 0 aliphatic rings. The number of carbonyl (C=O) groups is 1. The van der Waals surface area contributed by atoms with Crippen molar-refractivity contribution in [3.63, 3.8) is 0 Å². The molecule has 3 aromatic rings. The van der Waals surface area contributed by atoms with Gasteiger partial charge in [-0.25, -0.2) is 14.2 Å². The Morgan fingerprint density at radius 2 is 1.94 bits per heavy atom. The second-order valence-corrected chi connectivity index (χ2v) is 7.38. The van der Waals surface area contributed by atoms with Crippen LogP contribution in [0.3, 0.4) is 0 Å². The first-order valence-corrected chi connectivity index (χ1v) is 10.5. The minimum absolute atomic E-state index is 0.200. The van der Waals surface area contributed by atoms with Gasteiger partial charge < -0.3 is 24.8 Å². The molecule has 2 atom stereocenters. The summed E-state index contributed by atoms with van der Waals surface area (Å²) in [5.41, 5.74) is 1.96. The van der Waals surface area contributed by atoms with Crippen molar-refractivity contribution in [3.05, 3.63) is 42.1 Å². The maximum Gasteiger partial charge on any atom is 0.328 e. The number of nitrogens with zero attached hydrogens (tertiary/aromatic N) is 3. The molecule has 0 bridgehead atoms. The van der Waals surface area contributed by atoms with Crippen LogP contribution in [-0.2, 0) is 16.1 Å². The van der Waals surface area contributed by atoms with Gasteiger partial charge in [0.2, 0.25) is 5.95 Å². The van der Waals surface area contributed by atoms with Gasteiger partial charge in [0.1, 0.15) is 23.1 Å². The van der Waals surface area contributed by atoms with Gasteiger partial charge in [-0.3, -0.25) is 4.98 Å². The Labute approximate surface area is 191 Å². The number of halogens is 1. The van der Waals surface area contributed by atoms with Crippen molar-refractivity contribution in [1.82, 2.24) is 15.0 Å². The zero-order chi connectivity index (χ0) is 23.8. The van der Waals surface area contributed by atoms with Crippen LogP contribution in [0.1, 0.15) is 25.3 Å². The van der Waals surface area contributed by atoms with E-state index in [1.807, 2.05) is 12.1 Å². The summed E-state index contributed by atoms with van der Waals surface area (Å²) in [5.74, 6) is 1.53. The molecule has 0 amide bonds. The van der Waals surface area contributed by atoms with E-state index < -0.39 is 18.2 Å². The van der Waals surface area contributed by atoms with Crippen LogP contribution < -0.4 is 20.1 Å². The molecule has 1 aromatic carbocycles. The maximum atomic E-state index is 13.4. The van der Waals surface area contributed by atoms with Gasteiger partial charge in [0.15, 0.2) is 5.82 Å². The second-order valence-electron chi connectivity index (χ2n) is 7.38. The van der Waals surface area contributed by atoms with E-state index in [-0.39, 0.29) is 12.8 Å². The molecule has 0 radical (unpaired) electrons. The van der Waals surface area contributed by atoms with E-state index in [0.29, 0.717) is 40.8 Å². The van der Waals surface area contributed by atoms with Gasteiger partial charge in [-0.15, -0.1) is 0 Å². The minimum atomic E-state index is -1.05. The van der Waals surface area contributed by atoms with Crippen molar-refractivity contribution >= 4 is 28.8 Å². The molecular formula is C23H28FN5O4. The lowest BCUT2D eigenvalue weighted by Crippen LogP contribution is -2.32. The van der Waals surface area contributed by atoms with E-state index in [0.717, 1.165) is 5.56 Å². The molecule has 10 heteroatoms. The van der Waals surface area contributed by atoms with Gasteiger partial charge in [0, 0.05) is 24.4 Å². The van der Waals surface area contributed by atoms with Gasteiger partial charge in [-0.2, -0.15) is 4.98 Å². The number of fused-ring (bicyclic) bond motifs is 1. The van der Waals surface area contributed by atoms with Crippen LogP contribution in [0.5, 0.6) is 11.5 Å². The lowest BCUT2D eigenvalue weighted by atomic mass is 10.1. The molecule has 1 unspecified atom stereocenters. The Bertz CT molecular complexity index is 1100. The Balaban J connectivity index is 1.88. The molecular weight excluding hydrogens is 429 g/mol. The molecule has 0 fully saturated rings. The average Bonchev–Trinajstić information content (AvgIpc) is 2.84. The standard InChI is InChI=1S/C23H28FN5O4/c1-14(24)7-10-18(22(30)33-4)27-21-20-17(6-5-11-25-20)28-23(29-21)26-13-15-8-9-16(31-2)12-19(15)32-3/h5-6,8-9,11-12,14,18H,7,10,13H2,1-4H3,(H2,26,27,28,29)/t14?,18-/m1/s1. The highest BCUT2D eigenvalue weighted by Gasteiger charge is 2.22. The van der Waals surface area contributed by atoms with Crippen LogP contribution in [0.15, 0.2) is 36.5 Å². The molecule has 33 heavy (non-hydrogen) atoms. The van der Waals surface area contributed by atoms with Crippen molar-refractivity contribution in [2.24, 2.45) is 0 Å². The summed E-state index contributed by atoms with van der Waals surface area (Å²) >= 11 is 0. The first-order valence-electron chi connectivity index (χ1n) is 10.5. The number of carbonyl (C=O) groups excluding carboxylic acids is 1. The summed E-state index contributed by atoms with van der Waals surface area (Å²) in [6, 6.07) is 8.30. The zero-order valence-corrected chi connectivity index (χ0v) is 19.1. The first-order chi connectivity index (χ1) is 15.9. The monoisotopic (exact) mass is 457 g/mol. The predicted molar refractivity (Wildman–Crippen MR) is 123 cm³/mol. The van der Waals surface area contributed by atoms with Crippen molar-refractivity contribution in [1.29, 1.82) is 0 Å². The number of aromatic nitrogens is 3. The fraction of sp³-hybridized carbons (Fsp3) is 0.391. The molecule has 2 aromatic heterocycles. The van der Waals surface area contributed by atoms with Crippen molar-refractivity contribution in [2.75, 3.05) is 32.0 Å². The number of hydrogen-bond acceptors (Lipinski definition) is 9. The molecule has 3 rings (SSSR count). The smallest absolute Gasteiger partial charge is 0.328 e. The van der Waals surface area contributed by atoms with Crippen molar-refractivity contribution in [2.45, 2.75) is 38.5 Å². The number of hydrogen-bond donors (Lipinski definition) is 2. The maximum absolute atomic E-state index is 13.4. The number of rotatable bonds is 11. The summed E-state index contributed by atoms with van der Waals surface area (Å²) in [6.07, 6.45) is 1.01. The zero-order valence-electron chi connectivity index (χ0n) is 19.1. The van der Waals surface area contributed by atoms with Gasteiger partial charge in [-0.1, -0.05) is 0 Å². The van der Waals surface area contributed by atoms with E-state index in [4.69, 9.17) is 14.2 Å². The normalized spacial score (nSPS) is 12.6. The first kappa shape index (κ1) is 24.0. The van der Waals surface area contributed by atoms with Crippen LogP contribution in [0.4, 0.5) is 16.2 Å². The molecule has 9 nitrogen and oxygen atoms in total. The molecule has 0 aliphatic carbocycles. The van der Waals surface area contributed by atoms with E-state index in [9.17, 15) is 9.18 Å². The van der Waals surface area contributed by atoms with E-state index in [1.54, 1.807) is 38.6 Å². The van der Waals surface area contributed by atoms with Crippen LogP contribution in [0, 0.1) is 0 Å². The SMILES string of the molecule is COC(=O)[C@@H](CCC(C)F)Nc1nc(NCc2ccc(OC)cc2OC)nc2cccnc12. The third kappa shape index (κ3) is 6.18. The summed E-state index contributed by atoms with van der Waals surface area (Å²) in [5, 5.41) is 6.25. The third-order valence-corrected chi connectivity index (χ3v) is 5.04. The van der Waals surface area contributed by atoms with Gasteiger partial charge in [0.05, 0.1) is 33.0 Å². The fourth-order valence-corrected chi connectivity index (χ4v) is 3.27. The highest BCUT2D eigenvalue weighted by molar-refractivity contribution is 5.88. The van der Waals surface area contributed by atoms with Crippen molar-refractivity contribution < 1.29 is 23.4 Å². The number of methoxy groups -OCH3 is 3. The lowest BCUT2D eigenvalue weighted by molar-refractivity contribution is -0.141. The molecule has 2 heterocycles. The second kappa shape index (κ2) is 11.3. The molecule has 2 N–H and O–H groups in total. The number of benzene rings is 1. The van der Waals surface area contributed by atoms with E-state index in [1.165, 1.54) is 14.0 Å². The van der Waals surface area contributed by atoms with Crippen LogP contribution >= 0.6 is 0 Å². The molecule has 0 aliphatic heterocycles. The number of esters is 1. The van der Waals surface area contributed by atoms with Crippen LogP contribution in [-0.4, -0.2) is 54.5 Å². The van der Waals surface area contributed by atoms with E-state index >= 15 is 0 Å². The van der Waals surface area contributed by atoms with Gasteiger partial charge in [0.25, 0.3) is 0 Å². The number of nitrogens with one attached hydrogen (secondary N) is 2. The minimum Gasteiger partial charge on any atom is -0.497 e. The summed E-state index contributed by atoms with van der Waals surface area (Å²) in [4.78, 5) is 25.7. The van der Waals surface area contributed by atoms with Crippen molar-refractivity contribution in [3.8, 4) is 11.5 Å². The summed E-state index contributed by atoms with van der Waals surface area (Å²) in [7, 11) is 4.47. The van der Waals surface area contributed by atoms with Gasteiger partial charge in [-0.05, 0) is 44.0 Å². The number of anilines is 2. The third-order valence-electron chi connectivity index (χ3n) is 5.04. The lowest BCUT2D eigenvalue weighted by Gasteiger charge is -2.19. The Morgan fingerprint density at radius 3 is 2.64 bits per heavy atom. The van der Waals surface area contributed by atoms with Crippen LogP contribution in [0.2, 0.25) is 0 Å². The molecule has 0 saturated heterocycles. The molecule has 0 spiro atoms. The Hall–Kier alpha value is -3.69. The van der Waals surface area contributed by atoms with Gasteiger partial charge >= 0.3 is 5.97 Å². The number of ether oxygens (including phenoxy) is 3. The Kier molecular flexibility index (Phi) is 8.17. The number of pyridine rings is 1. The topological polar surface area (TPSA) is 107 Å². The number of alkyl halides is 1. The molecule has 176 valence electrons. The quantitative estimate of drug-likeness (QED) is 0.416. The average molecular weight is 458 g/mol. The predicted octanol–water partition coefficient (Wildman–Crippen LogP) is 3.75. The fourth-order valence-electron chi connectivity index (χ4n) is 3.27. The van der Waals surface area contributed by atoms with E-state index in [2.05, 4.69) is 25.6 Å². The highest BCUT2D eigenvalue weighted by Crippen LogP contribution is 2.26. The summed E-state index contributed by atoms with van der Waals surface area (Å²) in [6.45, 7) is 1.84. The highest BCUT2D eigenvalue weighted by atomic mass is 19.1. The Morgan fingerprint density at radius 1 is 1.12 bits per heavy atom. The van der Waals surface area contributed by atoms with Crippen LogP contribution in [0.25, 0.3) is 11.0 Å². The summed E-state index contributed by atoms with van der Waals surface area (Å²) < 4.78 is 29.0. The largest absolute Gasteiger partial charge is 0.497 e.